The molecular weight excluding hydrogens is 188 g/mol. The molecule has 0 heterocycles. The van der Waals surface area contributed by atoms with E-state index in [2.05, 4.69) is 19.1 Å². The molecule has 0 fully saturated rings. The van der Waals surface area contributed by atoms with Crippen molar-refractivity contribution < 1.29 is 9.90 Å². The average Bonchev–Trinajstić information content (AvgIpc) is 2.24. The number of carbonyl (C=O) groups excluding carboxylic acids is 1. The summed E-state index contributed by atoms with van der Waals surface area (Å²) in [6.07, 6.45) is 4.13. The minimum atomic E-state index is -0.978. The number of carbonyl (C=O) groups is 1. The van der Waals surface area contributed by atoms with Crippen LogP contribution in [-0.4, -0.2) is 5.97 Å². The number of unbranched alkanes of at least 4 members (excludes halogenated alkanes) is 1. The highest BCUT2D eigenvalue weighted by molar-refractivity contribution is 5.64. The van der Waals surface area contributed by atoms with Gasteiger partial charge >= 0.3 is 0 Å². The summed E-state index contributed by atoms with van der Waals surface area (Å²) < 4.78 is 0. The molecule has 82 valence electrons. The van der Waals surface area contributed by atoms with Gasteiger partial charge < -0.3 is 9.90 Å². The van der Waals surface area contributed by atoms with Gasteiger partial charge in [-0.15, -0.1) is 0 Å². The normalized spacial score (nSPS) is 10.2. The van der Waals surface area contributed by atoms with Crippen LogP contribution in [-0.2, 0) is 17.6 Å². The Kier molecular flexibility index (Phi) is 4.88. The zero-order valence-electron chi connectivity index (χ0n) is 9.16. The van der Waals surface area contributed by atoms with E-state index < -0.39 is 5.97 Å². The first-order valence-electron chi connectivity index (χ1n) is 5.50. The molecule has 0 saturated carbocycles. The number of carboxylic acid groups (broad SMARTS) is 1. The van der Waals surface area contributed by atoms with Gasteiger partial charge in [-0.3, -0.25) is 0 Å². The Morgan fingerprint density at radius 1 is 1.27 bits per heavy atom. The Balaban J connectivity index is 2.53. The first-order valence-corrected chi connectivity index (χ1v) is 5.50. The van der Waals surface area contributed by atoms with E-state index in [9.17, 15) is 9.90 Å². The Labute approximate surface area is 90.9 Å². The molecule has 1 aromatic carbocycles. The van der Waals surface area contributed by atoms with Crippen LogP contribution in [0.25, 0.3) is 0 Å². The summed E-state index contributed by atoms with van der Waals surface area (Å²) in [5, 5.41) is 10.3. The van der Waals surface area contributed by atoms with Crippen molar-refractivity contribution in [2.45, 2.75) is 39.0 Å². The third-order valence-electron chi connectivity index (χ3n) is 2.43. The maximum Gasteiger partial charge on any atom is 0.0417 e. The number of aliphatic carboxylic acids is 1. The Morgan fingerprint density at radius 3 is 2.53 bits per heavy atom. The number of rotatable bonds is 6. The van der Waals surface area contributed by atoms with Crippen LogP contribution in [0, 0.1) is 0 Å². The fourth-order valence-corrected chi connectivity index (χ4v) is 1.57. The molecule has 0 saturated heterocycles. The average molecular weight is 205 g/mol. The van der Waals surface area contributed by atoms with Gasteiger partial charge in [0.2, 0.25) is 0 Å². The molecule has 0 aliphatic rings. The lowest BCUT2D eigenvalue weighted by atomic mass is 10.0. The van der Waals surface area contributed by atoms with Gasteiger partial charge in [0.05, 0.1) is 0 Å². The summed E-state index contributed by atoms with van der Waals surface area (Å²) in [7, 11) is 0. The van der Waals surface area contributed by atoms with Crippen LogP contribution in [0.1, 0.15) is 37.3 Å². The van der Waals surface area contributed by atoms with Gasteiger partial charge in [-0.2, -0.15) is 0 Å². The lowest BCUT2D eigenvalue weighted by Gasteiger charge is -2.05. The topological polar surface area (TPSA) is 40.1 Å². The van der Waals surface area contributed by atoms with Gasteiger partial charge in [-0.25, -0.2) is 0 Å². The Hall–Kier alpha value is -1.31. The van der Waals surface area contributed by atoms with Crippen molar-refractivity contribution in [2.24, 2.45) is 0 Å². The predicted octanol–water partition coefficient (Wildman–Crippen LogP) is 1.71. The fourth-order valence-electron chi connectivity index (χ4n) is 1.57. The van der Waals surface area contributed by atoms with Crippen molar-refractivity contribution >= 4 is 5.97 Å². The molecule has 0 unspecified atom stereocenters. The second-order valence-electron chi connectivity index (χ2n) is 3.80. The lowest BCUT2D eigenvalue weighted by Crippen LogP contribution is -2.22. The van der Waals surface area contributed by atoms with Crippen molar-refractivity contribution in [2.75, 3.05) is 0 Å². The monoisotopic (exact) mass is 205 g/mol. The summed E-state index contributed by atoms with van der Waals surface area (Å²) in [5.41, 5.74) is 2.39. The van der Waals surface area contributed by atoms with Gasteiger partial charge in [0, 0.05) is 5.97 Å². The molecule has 2 nitrogen and oxygen atoms in total. The van der Waals surface area contributed by atoms with Crippen LogP contribution in [0.5, 0.6) is 0 Å². The zero-order chi connectivity index (χ0) is 11.1. The second-order valence-corrected chi connectivity index (χ2v) is 3.80. The summed E-state index contributed by atoms with van der Waals surface area (Å²) in [4.78, 5) is 10.3. The van der Waals surface area contributed by atoms with Crippen molar-refractivity contribution in [3.8, 4) is 0 Å². The number of benzene rings is 1. The highest BCUT2D eigenvalue weighted by atomic mass is 16.4. The third-order valence-corrected chi connectivity index (χ3v) is 2.43. The highest BCUT2D eigenvalue weighted by Gasteiger charge is 1.96. The summed E-state index contributed by atoms with van der Waals surface area (Å²) in [6, 6.07) is 8.16. The number of hydrogen-bond acceptors (Lipinski definition) is 2. The molecule has 1 aromatic rings. The van der Waals surface area contributed by atoms with Gasteiger partial charge in [0.1, 0.15) is 0 Å². The maximum atomic E-state index is 10.3. The third kappa shape index (κ3) is 4.63. The van der Waals surface area contributed by atoms with E-state index in [0.29, 0.717) is 6.42 Å². The molecular formula is C13H17O2-. The van der Waals surface area contributed by atoms with Gasteiger partial charge in [-0.05, 0) is 36.8 Å². The first kappa shape index (κ1) is 11.8. The Morgan fingerprint density at radius 2 is 1.93 bits per heavy atom. The van der Waals surface area contributed by atoms with Crippen molar-refractivity contribution in [1.82, 2.24) is 0 Å². The zero-order valence-corrected chi connectivity index (χ0v) is 9.16. The standard InChI is InChI=1S/C13H18O2/c1-2-3-5-11-6-4-7-12(10-11)8-9-13(14)15/h4,6-7,10H,2-3,5,8-9H2,1H3,(H,14,15)/p-1. The molecule has 0 N–H and O–H groups in total. The highest BCUT2D eigenvalue weighted by Crippen LogP contribution is 2.10. The number of aryl methyl sites for hydroxylation is 2. The molecule has 0 aliphatic heterocycles. The summed E-state index contributed by atoms with van der Waals surface area (Å²) in [5.74, 6) is -0.978. The first-order chi connectivity index (χ1) is 7.22. The maximum absolute atomic E-state index is 10.3. The van der Waals surface area contributed by atoms with E-state index in [1.807, 2.05) is 12.1 Å². The molecule has 0 atom stereocenters. The van der Waals surface area contributed by atoms with Crippen LogP contribution in [0.15, 0.2) is 24.3 Å². The predicted molar refractivity (Wildman–Crippen MR) is 58.4 cm³/mol. The van der Waals surface area contributed by atoms with Crippen molar-refractivity contribution in [3.63, 3.8) is 0 Å². The van der Waals surface area contributed by atoms with Gasteiger partial charge in [0.25, 0.3) is 0 Å². The van der Waals surface area contributed by atoms with Crippen LogP contribution >= 0.6 is 0 Å². The lowest BCUT2D eigenvalue weighted by molar-refractivity contribution is -0.305. The van der Waals surface area contributed by atoms with Gasteiger partial charge in [-0.1, -0.05) is 37.6 Å². The molecule has 15 heavy (non-hydrogen) atoms. The molecule has 0 aliphatic carbocycles. The van der Waals surface area contributed by atoms with E-state index in [1.165, 1.54) is 18.4 Å². The molecule has 1 rings (SSSR count). The largest absolute Gasteiger partial charge is 0.550 e. The van der Waals surface area contributed by atoms with E-state index in [0.717, 1.165) is 12.0 Å². The van der Waals surface area contributed by atoms with E-state index >= 15 is 0 Å². The van der Waals surface area contributed by atoms with Crippen LogP contribution in [0.2, 0.25) is 0 Å². The molecule has 0 aromatic heterocycles. The summed E-state index contributed by atoms with van der Waals surface area (Å²) in [6.45, 7) is 2.17. The van der Waals surface area contributed by atoms with E-state index in [1.54, 1.807) is 0 Å². The van der Waals surface area contributed by atoms with Crippen LogP contribution in [0.4, 0.5) is 0 Å². The van der Waals surface area contributed by atoms with Crippen molar-refractivity contribution in [1.29, 1.82) is 0 Å². The minimum absolute atomic E-state index is 0.108. The quantitative estimate of drug-likeness (QED) is 0.709. The Bertz CT molecular complexity index is 318. The van der Waals surface area contributed by atoms with Crippen LogP contribution in [0.3, 0.4) is 0 Å². The van der Waals surface area contributed by atoms with Gasteiger partial charge in [0.15, 0.2) is 0 Å². The van der Waals surface area contributed by atoms with E-state index in [-0.39, 0.29) is 6.42 Å². The molecule has 0 radical (unpaired) electrons. The molecule has 0 spiro atoms. The fraction of sp³-hybridized carbons (Fsp3) is 0.462. The van der Waals surface area contributed by atoms with Crippen LogP contribution < -0.4 is 5.11 Å². The van der Waals surface area contributed by atoms with Crippen molar-refractivity contribution in [3.05, 3.63) is 35.4 Å². The minimum Gasteiger partial charge on any atom is -0.550 e. The summed E-state index contributed by atoms with van der Waals surface area (Å²) >= 11 is 0. The number of carboxylic acids is 1. The number of hydrogen-bond donors (Lipinski definition) is 0. The second kappa shape index (κ2) is 6.23. The molecule has 0 amide bonds. The SMILES string of the molecule is CCCCc1cccc(CCC(=O)[O-])c1. The molecule has 2 heteroatoms. The smallest absolute Gasteiger partial charge is 0.0417 e. The van der Waals surface area contributed by atoms with E-state index in [4.69, 9.17) is 0 Å². The molecule has 0 bridgehead atoms.